The molecule has 0 aliphatic carbocycles. The van der Waals surface area contributed by atoms with Crippen LogP contribution in [-0.2, 0) is 17.8 Å². The molecule has 1 atom stereocenters. The summed E-state index contributed by atoms with van der Waals surface area (Å²) in [6, 6.07) is 17.3. The number of aromatic amines is 1. The van der Waals surface area contributed by atoms with Gasteiger partial charge in [-0.3, -0.25) is 14.9 Å². The molecule has 8 nitrogen and oxygen atoms in total. The number of methoxy groups -OCH3 is 1. The van der Waals surface area contributed by atoms with E-state index in [-0.39, 0.29) is 18.4 Å². The van der Waals surface area contributed by atoms with Crippen molar-refractivity contribution < 1.29 is 19.0 Å². The number of carbonyl (C=O) groups is 1. The van der Waals surface area contributed by atoms with Crippen LogP contribution in [0.4, 0.5) is 0 Å². The molecule has 1 aliphatic heterocycles. The second-order valence-corrected chi connectivity index (χ2v) is 8.66. The number of carbonyl (C=O) groups excluding carboxylic acids is 1. The number of hydrogen-bond donors (Lipinski definition) is 1. The first-order valence-electron chi connectivity index (χ1n) is 11.7. The molecule has 180 valence electrons. The van der Waals surface area contributed by atoms with Gasteiger partial charge < -0.3 is 19.1 Å². The molecule has 0 unspecified atom stereocenters. The summed E-state index contributed by atoms with van der Waals surface area (Å²) < 4.78 is 17.3. The number of fused-ring (bicyclic) bond motifs is 1. The Labute approximate surface area is 203 Å². The van der Waals surface area contributed by atoms with Crippen molar-refractivity contribution in [2.24, 2.45) is 5.92 Å². The number of nitrogens with one attached hydrogen (secondary N) is 1. The molecule has 2 aromatic carbocycles. The zero-order valence-corrected chi connectivity index (χ0v) is 19.6. The van der Waals surface area contributed by atoms with Gasteiger partial charge in [-0.2, -0.15) is 5.10 Å². The van der Waals surface area contributed by atoms with Crippen LogP contribution < -0.4 is 9.47 Å². The predicted octanol–water partition coefficient (Wildman–Crippen LogP) is 3.88. The van der Waals surface area contributed by atoms with E-state index in [0.29, 0.717) is 43.4 Å². The van der Waals surface area contributed by atoms with E-state index in [1.54, 1.807) is 31.5 Å². The van der Waals surface area contributed by atoms with E-state index in [0.717, 1.165) is 23.0 Å². The molecular weight excluding hydrogens is 444 g/mol. The largest absolute Gasteiger partial charge is 0.493 e. The highest BCUT2D eigenvalue weighted by Gasteiger charge is 2.25. The zero-order chi connectivity index (χ0) is 24.0. The Kier molecular flexibility index (Phi) is 6.90. The normalized spacial score (nSPS) is 16.1. The van der Waals surface area contributed by atoms with Crippen LogP contribution in [0.2, 0.25) is 0 Å². The fourth-order valence-electron chi connectivity index (χ4n) is 4.38. The van der Waals surface area contributed by atoms with E-state index in [9.17, 15) is 4.79 Å². The summed E-state index contributed by atoms with van der Waals surface area (Å²) in [6.07, 6.45) is 4.38. The van der Waals surface area contributed by atoms with Gasteiger partial charge in [0.25, 0.3) is 5.91 Å². The van der Waals surface area contributed by atoms with Gasteiger partial charge in [0.2, 0.25) is 0 Å². The van der Waals surface area contributed by atoms with E-state index in [2.05, 4.69) is 27.3 Å². The molecule has 1 fully saturated rings. The number of aromatic nitrogens is 3. The first-order chi connectivity index (χ1) is 17.2. The van der Waals surface area contributed by atoms with Gasteiger partial charge >= 0.3 is 0 Å². The number of rotatable bonds is 7. The lowest BCUT2D eigenvalue weighted by Gasteiger charge is -2.24. The highest BCUT2D eigenvalue weighted by Crippen LogP contribution is 2.30. The molecule has 1 N–H and O–H groups in total. The number of benzene rings is 2. The monoisotopic (exact) mass is 472 g/mol. The maximum absolute atomic E-state index is 13.5. The van der Waals surface area contributed by atoms with Crippen molar-refractivity contribution in [2.75, 3.05) is 33.4 Å². The molecule has 1 amide bonds. The summed E-state index contributed by atoms with van der Waals surface area (Å²) >= 11 is 0. The molecular formula is C27H28N4O4. The van der Waals surface area contributed by atoms with Gasteiger partial charge in [0.15, 0.2) is 11.5 Å². The quantitative estimate of drug-likeness (QED) is 0.439. The molecule has 1 aliphatic rings. The lowest BCUT2D eigenvalue weighted by atomic mass is 9.98. The number of hydrogen-bond acceptors (Lipinski definition) is 6. The molecule has 0 bridgehead atoms. The van der Waals surface area contributed by atoms with Crippen molar-refractivity contribution in [1.82, 2.24) is 20.1 Å². The molecule has 4 aromatic rings. The first-order valence-corrected chi connectivity index (χ1v) is 11.7. The fourth-order valence-corrected chi connectivity index (χ4v) is 4.38. The number of ether oxygens (including phenoxy) is 3. The summed E-state index contributed by atoms with van der Waals surface area (Å²) in [5.41, 5.74) is 3.58. The van der Waals surface area contributed by atoms with Crippen LogP contribution in [0.3, 0.4) is 0 Å². The Balaban J connectivity index is 1.29. The number of amides is 1. The number of pyridine rings is 1. The summed E-state index contributed by atoms with van der Waals surface area (Å²) in [5, 5.41) is 8.16. The molecule has 2 aromatic heterocycles. The lowest BCUT2D eigenvalue weighted by Crippen LogP contribution is -2.36. The zero-order valence-electron chi connectivity index (χ0n) is 19.6. The fraction of sp³-hybridized carbons (Fsp3) is 0.296. The SMILES string of the molecule is COc1ccc(C(=O)N2CCOC[C@H](Cc3ccc4[nH]ncc4c3)C2)cc1OCc1ccccn1. The Morgan fingerprint density at radius 2 is 2.11 bits per heavy atom. The van der Waals surface area contributed by atoms with Crippen molar-refractivity contribution in [3.05, 3.63) is 83.8 Å². The highest BCUT2D eigenvalue weighted by molar-refractivity contribution is 5.95. The Morgan fingerprint density at radius 1 is 1.17 bits per heavy atom. The van der Waals surface area contributed by atoms with Crippen LogP contribution >= 0.6 is 0 Å². The van der Waals surface area contributed by atoms with Crippen LogP contribution in [0.25, 0.3) is 10.9 Å². The molecule has 0 spiro atoms. The topological polar surface area (TPSA) is 89.6 Å². The average molecular weight is 473 g/mol. The summed E-state index contributed by atoms with van der Waals surface area (Å²) in [7, 11) is 1.59. The van der Waals surface area contributed by atoms with Crippen molar-refractivity contribution in [3.63, 3.8) is 0 Å². The van der Waals surface area contributed by atoms with Gasteiger partial charge in [-0.05, 0) is 54.4 Å². The van der Waals surface area contributed by atoms with E-state index >= 15 is 0 Å². The van der Waals surface area contributed by atoms with Gasteiger partial charge in [0.1, 0.15) is 6.61 Å². The number of nitrogens with zero attached hydrogens (tertiary/aromatic N) is 3. The van der Waals surface area contributed by atoms with Gasteiger partial charge in [0.05, 0.1) is 37.7 Å². The van der Waals surface area contributed by atoms with Gasteiger partial charge in [0, 0.05) is 36.2 Å². The van der Waals surface area contributed by atoms with Crippen LogP contribution in [0, 0.1) is 5.92 Å². The number of H-pyrrole nitrogens is 1. The Bertz CT molecular complexity index is 1290. The molecule has 8 heteroatoms. The van der Waals surface area contributed by atoms with E-state index < -0.39 is 0 Å². The Morgan fingerprint density at radius 3 is 2.97 bits per heavy atom. The molecule has 35 heavy (non-hydrogen) atoms. The predicted molar refractivity (Wildman–Crippen MR) is 132 cm³/mol. The van der Waals surface area contributed by atoms with Crippen molar-refractivity contribution in [2.45, 2.75) is 13.0 Å². The van der Waals surface area contributed by atoms with Crippen molar-refractivity contribution in [1.29, 1.82) is 0 Å². The van der Waals surface area contributed by atoms with Gasteiger partial charge in [-0.1, -0.05) is 12.1 Å². The summed E-state index contributed by atoms with van der Waals surface area (Å²) in [5.74, 6) is 1.24. The summed E-state index contributed by atoms with van der Waals surface area (Å²) in [6.45, 7) is 2.59. The molecule has 0 saturated carbocycles. The molecule has 0 radical (unpaired) electrons. The third kappa shape index (κ3) is 5.44. The van der Waals surface area contributed by atoms with Crippen LogP contribution in [0.5, 0.6) is 11.5 Å². The minimum Gasteiger partial charge on any atom is -0.493 e. The molecule has 5 rings (SSSR count). The maximum Gasteiger partial charge on any atom is 0.254 e. The van der Waals surface area contributed by atoms with Gasteiger partial charge in [-0.15, -0.1) is 0 Å². The average Bonchev–Trinajstić information content (AvgIpc) is 3.24. The van der Waals surface area contributed by atoms with Crippen LogP contribution in [0.15, 0.2) is 67.0 Å². The van der Waals surface area contributed by atoms with Crippen molar-refractivity contribution >= 4 is 16.8 Å². The minimum absolute atomic E-state index is 0.0453. The third-order valence-corrected chi connectivity index (χ3v) is 6.17. The second-order valence-electron chi connectivity index (χ2n) is 8.66. The smallest absolute Gasteiger partial charge is 0.254 e. The van der Waals surface area contributed by atoms with E-state index in [4.69, 9.17) is 14.2 Å². The van der Waals surface area contributed by atoms with E-state index in [1.165, 1.54) is 5.56 Å². The highest BCUT2D eigenvalue weighted by atomic mass is 16.5. The standard InChI is InChI=1S/C27H28N4O4/c1-33-25-8-6-21(14-26(25)35-18-23-4-2-3-9-28-23)27(32)31-10-11-34-17-20(16-31)12-19-5-7-24-22(13-19)15-29-30-24/h2-9,13-15,20H,10-12,16-18H2,1H3,(H,29,30)/t20-/m1/s1. The third-order valence-electron chi connectivity index (χ3n) is 6.17. The first kappa shape index (κ1) is 22.9. The second kappa shape index (κ2) is 10.6. The van der Waals surface area contributed by atoms with Gasteiger partial charge in [-0.25, -0.2) is 0 Å². The Hall–Kier alpha value is -3.91. The minimum atomic E-state index is -0.0453. The van der Waals surface area contributed by atoms with Crippen molar-refractivity contribution in [3.8, 4) is 11.5 Å². The maximum atomic E-state index is 13.5. The molecule has 3 heterocycles. The summed E-state index contributed by atoms with van der Waals surface area (Å²) in [4.78, 5) is 19.6. The molecule has 1 saturated heterocycles. The lowest BCUT2D eigenvalue weighted by molar-refractivity contribution is 0.0736. The van der Waals surface area contributed by atoms with E-state index in [1.807, 2.05) is 35.4 Å². The van der Waals surface area contributed by atoms with Crippen LogP contribution in [0.1, 0.15) is 21.6 Å². The van der Waals surface area contributed by atoms with Crippen LogP contribution in [-0.4, -0.2) is 59.4 Å².